The third-order valence-electron chi connectivity index (χ3n) is 1.86. The van der Waals surface area contributed by atoms with E-state index in [4.69, 9.17) is 5.73 Å². The van der Waals surface area contributed by atoms with Gasteiger partial charge in [-0.15, -0.1) is 6.58 Å². The second-order valence-corrected chi connectivity index (χ2v) is 2.73. The zero-order valence-electron chi connectivity index (χ0n) is 7.05. The zero-order chi connectivity index (χ0) is 9.14. The Hall–Kier alpha value is -1.15. The Balaban J connectivity index is 3.20. The van der Waals surface area contributed by atoms with Crippen molar-refractivity contribution in [3.63, 3.8) is 0 Å². The van der Waals surface area contributed by atoms with Crippen LogP contribution in [-0.4, -0.2) is 0 Å². The first-order valence-electron chi connectivity index (χ1n) is 3.80. The minimum atomic E-state index is -0.411. The van der Waals surface area contributed by atoms with Crippen LogP contribution in [-0.2, 0) is 0 Å². The van der Waals surface area contributed by atoms with Gasteiger partial charge in [-0.05, 0) is 18.6 Å². The van der Waals surface area contributed by atoms with Crippen molar-refractivity contribution in [3.05, 3.63) is 47.8 Å². The van der Waals surface area contributed by atoms with Gasteiger partial charge in [-0.3, -0.25) is 0 Å². The van der Waals surface area contributed by atoms with Gasteiger partial charge in [0.15, 0.2) is 0 Å². The van der Waals surface area contributed by atoms with E-state index in [2.05, 4.69) is 6.58 Å². The number of aryl methyl sites for hydroxylation is 1. The average molecular weight is 165 g/mol. The number of hydrogen-bond acceptors (Lipinski definition) is 1. The van der Waals surface area contributed by atoms with Gasteiger partial charge in [-0.25, -0.2) is 4.39 Å². The molecule has 0 radical (unpaired) electrons. The minimum Gasteiger partial charge on any atom is -0.321 e. The van der Waals surface area contributed by atoms with E-state index in [0.29, 0.717) is 5.56 Å². The third-order valence-corrected chi connectivity index (χ3v) is 1.86. The summed E-state index contributed by atoms with van der Waals surface area (Å²) in [6.45, 7) is 5.36. The summed E-state index contributed by atoms with van der Waals surface area (Å²) in [7, 11) is 0. The van der Waals surface area contributed by atoms with Crippen LogP contribution in [0.1, 0.15) is 17.2 Å². The monoisotopic (exact) mass is 165 g/mol. The van der Waals surface area contributed by atoms with E-state index in [-0.39, 0.29) is 5.82 Å². The lowest BCUT2D eigenvalue weighted by Crippen LogP contribution is -2.10. The molecule has 1 nitrogen and oxygen atoms in total. The van der Waals surface area contributed by atoms with Crippen LogP contribution >= 0.6 is 0 Å². The molecule has 0 heterocycles. The van der Waals surface area contributed by atoms with Crippen molar-refractivity contribution >= 4 is 0 Å². The third kappa shape index (κ3) is 1.53. The number of rotatable bonds is 2. The van der Waals surface area contributed by atoms with Gasteiger partial charge in [0.1, 0.15) is 5.82 Å². The molecular formula is C10H12FN. The van der Waals surface area contributed by atoms with Crippen LogP contribution < -0.4 is 5.73 Å². The van der Waals surface area contributed by atoms with Crippen LogP contribution in [0.25, 0.3) is 0 Å². The molecule has 64 valence electrons. The highest BCUT2D eigenvalue weighted by molar-refractivity contribution is 5.32. The van der Waals surface area contributed by atoms with Gasteiger partial charge in [0.05, 0.1) is 6.04 Å². The van der Waals surface area contributed by atoms with Crippen molar-refractivity contribution in [2.45, 2.75) is 13.0 Å². The summed E-state index contributed by atoms with van der Waals surface area (Å²) < 4.78 is 13.2. The highest BCUT2D eigenvalue weighted by Gasteiger charge is 2.09. The summed E-state index contributed by atoms with van der Waals surface area (Å²) in [4.78, 5) is 0. The smallest absolute Gasteiger partial charge is 0.128 e. The topological polar surface area (TPSA) is 26.0 Å². The maximum absolute atomic E-state index is 13.2. The molecule has 12 heavy (non-hydrogen) atoms. The Morgan fingerprint density at radius 1 is 1.58 bits per heavy atom. The van der Waals surface area contributed by atoms with Gasteiger partial charge in [0.25, 0.3) is 0 Å². The summed E-state index contributed by atoms with van der Waals surface area (Å²) in [5.74, 6) is -0.262. The first-order chi connectivity index (χ1) is 5.66. The van der Waals surface area contributed by atoms with Crippen molar-refractivity contribution in [2.75, 3.05) is 0 Å². The normalized spacial score (nSPS) is 12.6. The Morgan fingerprint density at radius 2 is 2.25 bits per heavy atom. The van der Waals surface area contributed by atoms with E-state index in [0.717, 1.165) is 5.56 Å². The van der Waals surface area contributed by atoms with Gasteiger partial charge in [-0.2, -0.15) is 0 Å². The summed E-state index contributed by atoms with van der Waals surface area (Å²) in [5, 5.41) is 0. The first-order valence-corrected chi connectivity index (χ1v) is 3.80. The fourth-order valence-electron chi connectivity index (χ4n) is 1.18. The van der Waals surface area contributed by atoms with E-state index < -0.39 is 6.04 Å². The lowest BCUT2D eigenvalue weighted by Gasteiger charge is -2.10. The molecule has 0 saturated carbocycles. The molecule has 2 heteroatoms. The fourth-order valence-corrected chi connectivity index (χ4v) is 1.18. The van der Waals surface area contributed by atoms with E-state index in [1.807, 2.05) is 13.0 Å². The Morgan fingerprint density at radius 3 is 2.75 bits per heavy atom. The summed E-state index contributed by atoms with van der Waals surface area (Å²) >= 11 is 0. The fraction of sp³-hybridized carbons (Fsp3) is 0.200. The molecule has 0 amide bonds. The molecule has 2 N–H and O–H groups in total. The molecule has 0 fully saturated rings. The molecule has 1 atom stereocenters. The summed E-state index contributed by atoms with van der Waals surface area (Å²) in [5.41, 5.74) is 7.04. The predicted molar refractivity (Wildman–Crippen MR) is 48.3 cm³/mol. The van der Waals surface area contributed by atoms with Crippen molar-refractivity contribution < 1.29 is 4.39 Å². The van der Waals surface area contributed by atoms with Crippen LogP contribution in [0.3, 0.4) is 0 Å². The molecule has 0 spiro atoms. The lowest BCUT2D eigenvalue weighted by atomic mass is 10.0. The average Bonchev–Trinajstić information content (AvgIpc) is 2.03. The molecule has 1 rings (SSSR count). The molecule has 0 aromatic heterocycles. The highest BCUT2D eigenvalue weighted by atomic mass is 19.1. The molecule has 0 aliphatic carbocycles. The summed E-state index contributed by atoms with van der Waals surface area (Å²) in [6.07, 6.45) is 1.53. The molecule has 0 aliphatic heterocycles. The minimum absolute atomic E-state index is 0.262. The highest BCUT2D eigenvalue weighted by Crippen LogP contribution is 2.19. The Bertz CT molecular complexity index is 274. The number of nitrogens with two attached hydrogens (primary N) is 1. The first kappa shape index (κ1) is 8.94. The second kappa shape index (κ2) is 3.50. The van der Waals surface area contributed by atoms with Crippen molar-refractivity contribution in [1.29, 1.82) is 0 Å². The Labute approximate surface area is 71.7 Å². The maximum Gasteiger partial charge on any atom is 0.128 e. The van der Waals surface area contributed by atoms with E-state index >= 15 is 0 Å². The van der Waals surface area contributed by atoms with E-state index in [9.17, 15) is 4.39 Å². The van der Waals surface area contributed by atoms with E-state index in [1.54, 1.807) is 6.07 Å². The van der Waals surface area contributed by atoms with Crippen LogP contribution in [0.15, 0.2) is 30.9 Å². The quantitative estimate of drug-likeness (QED) is 0.669. The number of halogens is 1. The largest absolute Gasteiger partial charge is 0.321 e. The van der Waals surface area contributed by atoms with Gasteiger partial charge in [0, 0.05) is 5.56 Å². The maximum atomic E-state index is 13.2. The van der Waals surface area contributed by atoms with Gasteiger partial charge in [-0.1, -0.05) is 18.2 Å². The molecular weight excluding hydrogens is 153 g/mol. The number of benzene rings is 1. The molecule has 0 saturated heterocycles. The van der Waals surface area contributed by atoms with Crippen LogP contribution in [0.4, 0.5) is 4.39 Å². The van der Waals surface area contributed by atoms with Gasteiger partial charge < -0.3 is 5.73 Å². The predicted octanol–water partition coefficient (Wildman–Crippen LogP) is 2.32. The van der Waals surface area contributed by atoms with Crippen molar-refractivity contribution in [1.82, 2.24) is 0 Å². The van der Waals surface area contributed by atoms with Crippen LogP contribution in [0.5, 0.6) is 0 Å². The summed E-state index contributed by atoms with van der Waals surface area (Å²) in [6, 6.07) is 4.50. The molecule has 0 bridgehead atoms. The van der Waals surface area contributed by atoms with Gasteiger partial charge in [0.2, 0.25) is 0 Å². The SMILES string of the molecule is C=CC(N)c1c(C)cccc1F. The lowest BCUT2D eigenvalue weighted by molar-refractivity contribution is 0.600. The second-order valence-electron chi connectivity index (χ2n) is 2.73. The molecule has 0 aliphatic rings. The standard InChI is InChI=1S/C10H12FN/c1-3-9(12)10-7(2)5-4-6-8(10)11/h3-6,9H,1,12H2,2H3. The van der Waals surface area contributed by atoms with Crippen molar-refractivity contribution in [3.8, 4) is 0 Å². The Kier molecular flexibility index (Phi) is 2.61. The molecule has 1 aromatic rings. The zero-order valence-corrected chi connectivity index (χ0v) is 7.05. The van der Waals surface area contributed by atoms with Gasteiger partial charge >= 0.3 is 0 Å². The van der Waals surface area contributed by atoms with E-state index in [1.165, 1.54) is 12.1 Å². The molecule has 1 aromatic carbocycles. The number of hydrogen-bond donors (Lipinski definition) is 1. The molecule has 1 unspecified atom stereocenters. The van der Waals surface area contributed by atoms with Crippen LogP contribution in [0, 0.1) is 12.7 Å². The van der Waals surface area contributed by atoms with Crippen LogP contribution in [0.2, 0.25) is 0 Å². The van der Waals surface area contributed by atoms with Crippen molar-refractivity contribution in [2.24, 2.45) is 5.73 Å².